The van der Waals surface area contributed by atoms with E-state index in [1.807, 2.05) is 0 Å². The van der Waals surface area contributed by atoms with Crippen LogP contribution in [0, 0.1) is 0 Å². The average Bonchev–Trinajstić information content (AvgIpc) is 2.58. The van der Waals surface area contributed by atoms with Gasteiger partial charge in [0.25, 0.3) is 0 Å². The number of aliphatic hydroxyl groups is 1. The standard InChI is InChI=1S/C11H10F3NO/c1-6(16)9-5-7-3-2-4-8(10(7)15-9)11(12,13)14/h2-6,15-16H,1H3. The molecule has 0 spiro atoms. The van der Waals surface area contributed by atoms with E-state index in [4.69, 9.17) is 0 Å². The second kappa shape index (κ2) is 3.52. The largest absolute Gasteiger partial charge is 0.418 e. The summed E-state index contributed by atoms with van der Waals surface area (Å²) in [6.07, 6.45) is -5.20. The Balaban J connectivity index is 2.68. The summed E-state index contributed by atoms with van der Waals surface area (Å²) in [7, 11) is 0. The average molecular weight is 229 g/mol. The van der Waals surface area contributed by atoms with E-state index in [0.29, 0.717) is 11.1 Å². The monoisotopic (exact) mass is 229 g/mol. The maximum Gasteiger partial charge on any atom is 0.418 e. The molecule has 0 amide bonds. The summed E-state index contributed by atoms with van der Waals surface area (Å²) in [6, 6.07) is 5.47. The van der Waals surface area contributed by atoms with Gasteiger partial charge in [-0.05, 0) is 19.1 Å². The highest BCUT2D eigenvalue weighted by molar-refractivity contribution is 5.84. The van der Waals surface area contributed by atoms with E-state index < -0.39 is 17.8 Å². The van der Waals surface area contributed by atoms with Crippen LogP contribution in [0.4, 0.5) is 13.2 Å². The van der Waals surface area contributed by atoms with Crippen LogP contribution in [0.3, 0.4) is 0 Å². The molecule has 1 aromatic carbocycles. The van der Waals surface area contributed by atoms with Crippen molar-refractivity contribution in [2.45, 2.75) is 19.2 Å². The molecule has 0 radical (unpaired) electrons. The Morgan fingerprint density at radius 2 is 2.00 bits per heavy atom. The van der Waals surface area contributed by atoms with Crippen LogP contribution < -0.4 is 0 Å². The Kier molecular flexibility index (Phi) is 2.42. The molecule has 5 heteroatoms. The van der Waals surface area contributed by atoms with Crippen LogP contribution in [0.1, 0.15) is 24.3 Å². The van der Waals surface area contributed by atoms with Crippen LogP contribution in [-0.4, -0.2) is 10.1 Å². The Bertz CT molecular complexity index is 513. The van der Waals surface area contributed by atoms with Crippen LogP contribution in [0.15, 0.2) is 24.3 Å². The minimum absolute atomic E-state index is 0.0194. The summed E-state index contributed by atoms with van der Waals surface area (Å²) in [5.41, 5.74) is -0.311. The number of hydrogen-bond donors (Lipinski definition) is 2. The van der Waals surface area contributed by atoms with Crippen molar-refractivity contribution in [3.8, 4) is 0 Å². The first-order chi connectivity index (χ1) is 7.39. The second-order valence-corrected chi connectivity index (χ2v) is 3.67. The van der Waals surface area contributed by atoms with Gasteiger partial charge in [0.15, 0.2) is 0 Å². The third-order valence-electron chi connectivity index (χ3n) is 2.43. The maximum absolute atomic E-state index is 12.6. The third kappa shape index (κ3) is 1.78. The number of aromatic amines is 1. The number of aromatic nitrogens is 1. The summed E-state index contributed by atoms with van der Waals surface area (Å²) in [5.74, 6) is 0. The van der Waals surface area contributed by atoms with Crippen LogP contribution >= 0.6 is 0 Å². The lowest BCUT2D eigenvalue weighted by molar-refractivity contribution is -0.136. The van der Waals surface area contributed by atoms with Crippen LogP contribution in [0.25, 0.3) is 10.9 Å². The number of fused-ring (bicyclic) bond motifs is 1. The molecule has 1 aromatic heterocycles. The van der Waals surface area contributed by atoms with E-state index in [1.54, 1.807) is 6.07 Å². The van der Waals surface area contributed by atoms with Gasteiger partial charge in [-0.2, -0.15) is 13.2 Å². The molecule has 0 aliphatic rings. The minimum atomic E-state index is -4.39. The number of halogens is 3. The fourth-order valence-electron chi connectivity index (χ4n) is 1.64. The van der Waals surface area contributed by atoms with Crippen molar-refractivity contribution in [1.29, 1.82) is 0 Å². The van der Waals surface area contributed by atoms with Gasteiger partial charge in [0.2, 0.25) is 0 Å². The molecular weight excluding hydrogens is 219 g/mol. The normalized spacial score (nSPS) is 14.3. The molecule has 0 aliphatic heterocycles. The van der Waals surface area contributed by atoms with E-state index in [1.165, 1.54) is 19.1 Å². The highest BCUT2D eigenvalue weighted by Crippen LogP contribution is 2.35. The summed E-state index contributed by atoms with van der Waals surface area (Å²) in [6.45, 7) is 1.50. The van der Waals surface area contributed by atoms with Crippen LogP contribution in [0.5, 0.6) is 0 Å². The molecule has 0 bridgehead atoms. The van der Waals surface area contributed by atoms with E-state index in [2.05, 4.69) is 4.98 Å². The topological polar surface area (TPSA) is 36.0 Å². The summed E-state index contributed by atoms with van der Waals surface area (Å²) in [5, 5.41) is 9.76. The van der Waals surface area contributed by atoms with Gasteiger partial charge < -0.3 is 10.1 Å². The van der Waals surface area contributed by atoms with E-state index in [9.17, 15) is 18.3 Å². The molecule has 2 rings (SSSR count). The predicted octanol–water partition coefficient (Wildman–Crippen LogP) is 3.24. The lowest BCUT2D eigenvalue weighted by atomic mass is 10.1. The van der Waals surface area contributed by atoms with Crippen molar-refractivity contribution in [2.75, 3.05) is 0 Å². The van der Waals surface area contributed by atoms with Crippen LogP contribution in [-0.2, 0) is 6.18 Å². The van der Waals surface area contributed by atoms with Gasteiger partial charge in [-0.15, -0.1) is 0 Å². The number of H-pyrrole nitrogens is 1. The van der Waals surface area contributed by atoms with Crippen molar-refractivity contribution in [3.63, 3.8) is 0 Å². The molecule has 0 aliphatic carbocycles. The fraction of sp³-hybridized carbons (Fsp3) is 0.273. The maximum atomic E-state index is 12.6. The van der Waals surface area contributed by atoms with Gasteiger partial charge in [-0.1, -0.05) is 12.1 Å². The number of para-hydroxylation sites is 1. The summed E-state index contributed by atoms with van der Waals surface area (Å²) in [4.78, 5) is 2.60. The first-order valence-electron chi connectivity index (χ1n) is 4.76. The van der Waals surface area contributed by atoms with E-state index in [0.717, 1.165) is 6.07 Å². The van der Waals surface area contributed by atoms with Gasteiger partial charge in [-0.25, -0.2) is 0 Å². The van der Waals surface area contributed by atoms with Crippen LogP contribution in [0.2, 0.25) is 0 Å². The number of aliphatic hydroxyl groups excluding tert-OH is 1. The summed E-state index contributed by atoms with van der Waals surface area (Å²) >= 11 is 0. The smallest absolute Gasteiger partial charge is 0.387 e. The van der Waals surface area contributed by atoms with Crippen molar-refractivity contribution >= 4 is 10.9 Å². The quantitative estimate of drug-likeness (QED) is 0.773. The minimum Gasteiger partial charge on any atom is -0.387 e. The zero-order chi connectivity index (χ0) is 11.9. The molecule has 1 heterocycles. The molecule has 0 saturated carbocycles. The molecule has 0 fully saturated rings. The molecule has 2 nitrogen and oxygen atoms in total. The Hall–Kier alpha value is -1.49. The molecule has 1 unspecified atom stereocenters. The lowest BCUT2D eigenvalue weighted by Gasteiger charge is -2.07. The van der Waals surface area contributed by atoms with Gasteiger partial charge in [-0.3, -0.25) is 0 Å². The molecule has 1 atom stereocenters. The Morgan fingerprint density at radius 1 is 1.31 bits per heavy atom. The third-order valence-corrected chi connectivity index (χ3v) is 2.43. The predicted molar refractivity (Wildman–Crippen MR) is 53.9 cm³/mol. The summed E-state index contributed by atoms with van der Waals surface area (Å²) < 4.78 is 37.9. The van der Waals surface area contributed by atoms with Crippen molar-refractivity contribution < 1.29 is 18.3 Å². The van der Waals surface area contributed by atoms with E-state index in [-0.39, 0.29) is 5.52 Å². The van der Waals surface area contributed by atoms with Crippen molar-refractivity contribution in [1.82, 2.24) is 4.98 Å². The van der Waals surface area contributed by atoms with Gasteiger partial charge in [0.1, 0.15) is 0 Å². The zero-order valence-electron chi connectivity index (χ0n) is 8.47. The SMILES string of the molecule is CC(O)c1cc2cccc(C(F)(F)F)c2[nH]1. The Labute approximate surface area is 89.7 Å². The number of nitrogens with one attached hydrogen (secondary N) is 1. The number of alkyl halides is 3. The first kappa shape index (κ1) is 11.0. The van der Waals surface area contributed by atoms with Gasteiger partial charge in [0, 0.05) is 11.1 Å². The Morgan fingerprint density at radius 3 is 2.56 bits per heavy atom. The molecule has 86 valence electrons. The van der Waals surface area contributed by atoms with Crippen molar-refractivity contribution in [2.24, 2.45) is 0 Å². The fourth-order valence-corrected chi connectivity index (χ4v) is 1.64. The van der Waals surface area contributed by atoms with E-state index >= 15 is 0 Å². The van der Waals surface area contributed by atoms with Gasteiger partial charge in [0.05, 0.1) is 17.2 Å². The highest BCUT2D eigenvalue weighted by Gasteiger charge is 2.33. The van der Waals surface area contributed by atoms with Crippen molar-refractivity contribution in [3.05, 3.63) is 35.5 Å². The molecule has 0 saturated heterocycles. The highest BCUT2D eigenvalue weighted by atomic mass is 19.4. The molecule has 16 heavy (non-hydrogen) atoms. The molecule has 2 N–H and O–H groups in total. The first-order valence-corrected chi connectivity index (χ1v) is 4.76. The number of benzene rings is 1. The second-order valence-electron chi connectivity index (χ2n) is 3.67. The van der Waals surface area contributed by atoms with Gasteiger partial charge >= 0.3 is 6.18 Å². The number of hydrogen-bond acceptors (Lipinski definition) is 1. The molecule has 2 aromatic rings. The number of rotatable bonds is 1. The lowest BCUT2D eigenvalue weighted by Crippen LogP contribution is -2.05. The zero-order valence-corrected chi connectivity index (χ0v) is 8.47. The molecular formula is C11H10F3NO.